The maximum Gasteiger partial charge on any atom is 0.325 e. The van der Waals surface area contributed by atoms with Crippen molar-refractivity contribution in [3.8, 4) is 0 Å². The molecule has 0 unspecified atom stereocenters. The lowest BCUT2D eigenvalue weighted by Gasteiger charge is -2.22. The zero-order valence-electron chi connectivity index (χ0n) is 18.1. The number of carbonyl (C=O) groups excluding carboxylic acids is 3. The van der Waals surface area contributed by atoms with Crippen molar-refractivity contribution >= 4 is 27.6 Å². The number of urea groups is 1. The normalized spacial score (nSPS) is 26.1. The Kier molecular flexibility index (Phi) is 4.60. The Morgan fingerprint density at radius 2 is 1.97 bits per heavy atom. The molecule has 168 valence electrons. The second-order valence-corrected chi connectivity index (χ2v) is 11.2. The number of hydrogen-bond acceptors (Lipinski definition) is 5. The van der Waals surface area contributed by atoms with Gasteiger partial charge in [-0.1, -0.05) is 24.3 Å². The summed E-state index contributed by atoms with van der Waals surface area (Å²) in [6, 6.07) is 8.53. The predicted octanol–water partition coefficient (Wildman–Crippen LogP) is 2.04. The third-order valence-electron chi connectivity index (χ3n) is 7.08. The number of aryl methyl sites for hydroxylation is 2. The van der Waals surface area contributed by atoms with E-state index in [1.165, 1.54) is 0 Å². The van der Waals surface area contributed by atoms with E-state index in [2.05, 4.69) is 5.32 Å². The highest BCUT2D eigenvalue weighted by Gasteiger charge is 2.55. The van der Waals surface area contributed by atoms with Crippen molar-refractivity contribution < 1.29 is 22.8 Å². The molecule has 1 aromatic carbocycles. The van der Waals surface area contributed by atoms with E-state index in [1.807, 2.05) is 35.8 Å². The molecule has 1 N–H and O–H groups in total. The van der Waals surface area contributed by atoms with Crippen LogP contribution in [0.1, 0.15) is 51.8 Å². The Hall–Kier alpha value is -2.94. The van der Waals surface area contributed by atoms with E-state index in [0.29, 0.717) is 30.5 Å². The molecule has 9 heteroatoms. The van der Waals surface area contributed by atoms with Crippen LogP contribution in [-0.2, 0) is 26.6 Å². The van der Waals surface area contributed by atoms with Gasteiger partial charge in [0.2, 0.25) is 0 Å². The van der Waals surface area contributed by atoms with E-state index in [9.17, 15) is 22.8 Å². The number of sulfone groups is 1. The van der Waals surface area contributed by atoms with Crippen LogP contribution in [0.25, 0.3) is 0 Å². The molecule has 3 heterocycles. The van der Waals surface area contributed by atoms with Crippen molar-refractivity contribution in [1.82, 2.24) is 14.8 Å². The van der Waals surface area contributed by atoms with Crippen molar-refractivity contribution in [3.63, 3.8) is 0 Å². The van der Waals surface area contributed by atoms with Gasteiger partial charge in [0.05, 0.1) is 18.1 Å². The number of Topliss-reactive ketones (excluding diaryl/α,β-unsaturated/α-hetero) is 1. The summed E-state index contributed by atoms with van der Waals surface area (Å²) in [6.45, 7) is 3.28. The maximum atomic E-state index is 13.3. The van der Waals surface area contributed by atoms with Crippen molar-refractivity contribution in [2.45, 2.75) is 44.7 Å². The molecule has 3 aliphatic rings. The first-order valence-corrected chi connectivity index (χ1v) is 12.6. The van der Waals surface area contributed by atoms with Crippen LogP contribution in [0.15, 0.2) is 30.3 Å². The second-order valence-electron chi connectivity index (χ2n) is 9.02. The molecule has 8 nitrogen and oxygen atoms in total. The van der Waals surface area contributed by atoms with Crippen LogP contribution in [-0.4, -0.2) is 53.7 Å². The van der Waals surface area contributed by atoms with Crippen molar-refractivity contribution in [1.29, 1.82) is 0 Å². The number of ketones is 1. The van der Waals surface area contributed by atoms with Gasteiger partial charge in [0.15, 0.2) is 15.6 Å². The summed E-state index contributed by atoms with van der Waals surface area (Å²) in [7, 11) is -3.07. The van der Waals surface area contributed by atoms with Gasteiger partial charge in [-0.25, -0.2) is 13.2 Å². The molecule has 0 radical (unpaired) electrons. The van der Waals surface area contributed by atoms with Crippen LogP contribution in [0.3, 0.4) is 0 Å². The predicted molar refractivity (Wildman–Crippen MR) is 117 cm³/mol. The van der Waals surface area contributed by atoms with Gasteiger partial charge in [0.1, 0.15) is 5.54 Å². The SMILES string of the molecule is Cc1cc(C(=O)CN2C(=O)N[C@@]3(CCc4ccccc43)C2=O)c(C)n1[C@@H]1CCS(=O)(=O)C1. The van der Waals surface area contributed by atoms with E-state index in [1.54, 1.807) is 13.0 Å². The average Bonchev–Trinajstić information content (AvgIpc) is 3.44. The van der Waals surface area contributed by atoms with Gasteiger partial charge in [0.25, 0.3) is 5.91 Å². The number of nitrogens with zero attached hydrogens (tertiary/aromatic N) is 2. The lowest BCUT2D eigenvalue weighted by Crippen LogP contribution is -2.42. The van der Waals surface area contributed by atoms with Crippen LogP contribution in [0.5, 0.6) is 0 Å². The number of fused-ring (bicyclic) bond motifs is 2. The van der Waals surface area contributed by atoms with Gasteiger partial charge in [-0.3, -0.25) is 14.5 Å². The fourth-order valence-corrected chi connectivity index (χ4v) is 7.26. The Morgan fingerprint density at radius 3 is 2.69 bits per heavy atom. The van der Waals surface area contributed by atoms with Gasteiger partial charge in [-0.05, 0) is 50.3 Å². The minimum atomic E-state index is -3.07. The largest absolute Gasteiger partial charge is 0.344 e. The van der Waals surface area contributed by atoms with Crippen LogP contribution >= 0.6 is 0 Å². The fourth-order valence-electron chi connectivity index (χ4n) is 5.56. The zero-order chi connectivity index (χ0) is 22.8. The topological polar surface area (TPSA) is 106 Å². The summed E-state index contributed by atoms with van der Waals surface area (Å²) in [5.74, 6) is -0.524. The van der Waals surface area contributed by atoms with Gasteiger partial charge in [0, 0.05) is 23.0 Å². The molecule has 2 aromatic rings. The number of hydrogen-bond donors (Lipinski definition) is 1. The first-order valence-electron chi connectivity index (χ1n) is 10.8. The zero-order valence-corrected chi connectivity index (χ0v) is 18.9. The number of nitrogens with one attached hydrogen (secondary N) is 1. The highest BCUT2D eigenvalue weighted by molar-refractivity contribution is 7.91. The van der Waals surface area contributed by atoms with Crippen molar-refractivity contribution in [2.75, 3.05) is 18.1 Å². The van der Waals surface area contributed by atoms with Crippen LogP contribution in [0.4, 0.5) is 4.79 Å². The minimum absolute atomic E-state index is 0.0614. The molecule has 5 rings (SSSR count). The number of imide groups is 1. The number of aromatic nitrogens is 1. The average molecular weight is 456 g/mol. The van der Waals surface area contributed by atoms with Crippen LogP contribution in [0, 0.1) is 13.8 Å². The molecule has 1 aliphatic carbocycles. The number of amides is 3. The van der Waals surface area contributed by atoms with Gasteiger partial charge >= 0.3 is 6.03 Å². The Morgan fingerprint density at radius 1 is 1.22 bits per heavy atom. The molecule has 1 aromatic heterocycles. The third kappa shape index (κ3) is 3.02. The summed E-state index contributed by atoms with van der Waals surface area (Å²) in [4.78, 5) is 40.2. The minimum Gasteiger partial charge on any atom is -0.344 e. The Bertz CT molecular complexity index is 1280. The lowest BCUT2D eigenvalue weighted by molar-refractivity contribution is -0.131. The lowest BCUT2D eigenvalue weighted by atomic mass is 9.92. The van der Waals surface area contributed by atoms with Crippen LogP contribution < -0.4 is 5.32 Å². The fraction of sp³-hybridized carbons (Fsp3) is 0.435. The summed E-state index contributed by atoms with van der Waals surface area (Å²) in [5, 5.41) is 2.84. The van der Waals surface area contributed by atoms with E-state index in [0.717, 1.165) is 21.7 Å². The number of benzene rings is 1. The molecule has 32 heavy (non-hydrogen) atoms. The molecular weight excluding hydrogens is 430 g/mol. The molecule has 0 bridgehead atoms. The third-order valence-corrected chi connectivity index (χ3v) is 8.83. The summed E-state index contributed by atoms with van der Waals surface area (Å²) in [6.07, 6.45) is 1.68. The van der Waals surface area contributed by atoms with E-state index >= 15 is 0 Å². The summed E-state index contributed by atoms with van der Waals surface area (Å²) in [5.41, 5.74) is 2.62. The maximum absolute atomic E-state index is 13.3. The van der Waals surface area contributed by atoms with E-state index < -0.39 is 27.3 Å². The van der Waals surface area contributed by atoms with Crippen molar-refractivity contribution in [3.05, 3.63) is 58.4 Å². The molecule has 0 saturated carbocycles. The molecule has 2 fully saturated rings. The standard InChI is InChI=1S/C23H25N3O5S/c1-14-11-18(15(2)26(14)17-8-10-32(30,31)13-17)20(27)12-25-21(28)23(24-22(25)29)9-7-16-5-3-4-6-19(16)23/h3-6,11,17H,7-10,12-13H2,1-2H3,(H,24,29)/t17-,23-/m1/s1. The first-order chi connectivity index (χ1) is 15.1. The molecule has 3 amide bonds. The first kappa shape index (κ1) is 20.9. The number of carbonyl (C=O) groups is 3. The van der Waals surface area contributed by atoms with E-state index in [-0.39, 0.29) is 29.9 Å². The second kappa shape index (κ2) is 7.03. The summed E-state index contributed by atoms with van der Waals surface area (Å²) >= 11 is 0. The highest BCUT2D eigenvalue weighted by Crippen LogP contribution is 2.41. The van der Waals surface area contributed by atoms with Gasteiger partial charge in [-0.2, -0.15) is 0 Å². The monoisotopic (exact) mass is 455 g/mol. The molecular formula is C23H25N3O5S. The molecule has 2 aliphatic heterocycles. The smallest absolute Gasteiger partial charge is 0.325 e. The van der Waals surface area contributed by atoms with Gasteiger partial charge < -0.3 is 9.88 Å². The van der Waals surface area contributed by atoms with Gasteiger partial charge in [-0.15, -0.1) is 0 Å². The van der Waals surface area contributed by atoms with E-state index in [4.69, 9.17) is 0 Å². The van der Waals surface area contributed by atoms with Crippen LogP contribution in [0.2, 0.25) is 0 Å². The quantitative estimate of drug-likeness (QED) is 0.561. The molecule has 2 atom stereocenters. The Balaban J connectivity index is 1.40. The number of rotatable bonds is 4. The molecule has 2 saturated heterocycles. The highest BCUT2D eigenvalue weighted by atomic mass is 32.2. The summed E-state index contributed by atoms with van der Waals surface area (Å²) < 4.78 is 25.7. The van der Waals surface area contributed by atoms with Crippen molar-refractivity contribution in [2.24, 2.45) is 0 Å². The molecule has 1 spiro atoms. The Labute approximate surface area is 186 Å².